The molecule has 1 saturated heterocycles. The Bertz CT molecular complexity index is 130. The Morgan fingerprint density at radius 1 is 0.882 bits per heavy atom. The smallest absolute Gasteiger partial charge is 0.0781 e. The molecule has 104 valence electrons. The van der Waals surface area contributed by atoms with E-state index >= 15 is 0 Å². The van der Waals surface area contributed by atoms with Crippen LogP contribution in [0.3, 0.4) is 0 Å². The van der Waals surface area contributed by atoms with Crippen molar-refractivity contribution in [3.63, 3.8) is 0 Å². The van der Waals surface area contributed by atoms with Crippen molar-refractivity contribution in [3.05, 3.63) is 0 Å². The zero-order valence-corrected chi connectivity index (χ0v) is 10.5. The third-order valence-electron chi connectivity index (χ3n) is 1.72. The van der Waals surface area contributed by atoms with Crippen LogP contribution in [0.25, 0.3) is 0 Å². The highest BCUT2D eigenvalue weighted by Gasteiger charge is 2.13. The van der Waals surface area contributed by atoms with Gasteiger partial charge in [-0.3, -0.25) is 0 Å². The fourth-order valence-electron chi connectivity index (χ4n) is 0.767. The summed E-state index contributed by atoms with van der Waals surface area (Å²) in [4.78, 5) is 0. The van der Waals surface area contributed by atoms with Gasteiger partial charge in [0.15, 0.2) is 0 Å². The fraction of sp³-hybridized carbons (Fsp3) is 1.00. The molecular formula is C11H24O6. The minimum Gasteiger partial charge on any atom is -0.394 e. The number of aliphatic hydroxyl groups excluding tert-OH is 2. The van der Waals surface area contributed by atoms with Crippen LogP contribution in [0.4, 0.5) is 0 Å². The molecule has 1 atom stereocenters. The first kappa shape index (κ1) is 16.8. The van der Waals surface area contributed by atoms with Gasteiger partial charge in [-0.1, -0.05) is 0 Å². The van der Waals surface area contributed by atoms with Crippen molar-refractivity contribution in [2.24, 2.45) is 0 Å². The van der Waals surface area contributed by atoms with Crippen LogP contribution < -0.4 is 0 Å². The molecule has 0 aliphatic carbocycles. The molecule has 0 bridgehead atoms. The SMILES string of the molecule is CC1CO1.OCCOCCOCCOCCO. The summed E-state index contributed by atoms with van der Waals surface area (Å²) in [5, 5.41) is 16.7. The van der Waals surface area contributed by atoms with Gasteiger partial charge in [0.2, 0.25) is 0 Å². The molecule has 6 nitrogen and oxygen atoms in total. The van der Waals surface area contributed by atoms with Gasteiger partial charge in [-0.05, 0) is 6.92 Å². The molecular weight excluding hydrogens is 228 g/mol. The minimum atomic E-state index is 0.0413. The number of hydrogen-bond acceptors (Lipinski definition) is 6. The zero-order valence-electron chi connectivity index (χ0n) is 10.5. The topological polar surface area (TPSA) is 80.7 Å². The van der Waals surface area contributed by atoms with Gasteiger partial charge >= 0.3 is 0 Å². The fourth-order valence-corrected chi connectivity index (χ4v) is 0.767. The van der Waals surface area contributed by atoms with E-state index in [-0.39, 0.29) is 13.2 Å². The molecule has 1 aliphatic rings. The van der Waals surface area contributed by atoms with Crippen molar-refractivity contribution in [1.82, 2.24) is 0 Å². The van der Waals surface area contributed by atoms with Crippen LogP contribution >= 0.6 is 0 Å². The predicted molar refractivity (Wildman–Crippen MR) is 62.0 cm³/mol. The Morgan fingerprint density at radius 3 is 1.41 bits per heavy atom. The second kappa shape index (κ2) is 13.8. The molecule has 0 radical (unpaired) electrons. The van der Waals surface area contributed by atoms with Crippen molar-refractivity contribution < 1.29 is 29.2 Å². The Kier molecular flexibility index (Phi) is 13.6. The molecule has 1 rings (SSSR count). The lowest BCUT2D eigenvalue weighted by Crippen LogP contribution is -2.11. The summed E-state index contributed by atoms with van der Waals surface area (Å²) in [5.74, 6) is 0. The largest absolute Gasteiger partial charge is 0.394 e. The summed E-state index contributed by atoms with van der Waals surface area (Å²) in [6.45, 7) is 5.81. The molecule has 6 heteroatoms. The lowest BCUT2D eigenvalue weighted by molar-refractivity contribution is 0.00230. The standard InChI is InChI=1S/C8H18O5.C3H6O/c9-1-3-11-5-7-13-8-6-12-4-2-10;1-3-2-4-3/h9-10H,1-8H2;3H,2H2,1H3. The van der Waals surface area contributed by atoms with Gasteiger partial charge in [0, 0.05) is 0 Å². The summed E-state index contributed by atoms with van der Waals surface area (Å²) in [5.41, 5.74) is 0. The maximum Gasteiger partial charge on any atom is 0.0781 e. The molecule has 1 aliphatic heterocycles. The van der Waals surface area contributed by atoms with Gasteiger partial charge in [0.05, 0.1) is 65.6 Å². The van der Waals surface area contributed by atoms with Crippen LogP contribution in [-0.2, 0) is 18.9 Å². The number of ether oxygens (including phenoxy) is 4. The summed E-state index contributed by atoms with van der Waals surface area (Å²) in [6, 6.07) is 0. The average molecular weight is 252 g/mol. The molecule has 1 heterocycles. The van der Waals surface area contributed by atoms with E-state index in [1.54, 1.807) is 0 Å². The van der Waals surface area contributed by atoms with Gasteiger partial charge in [-0.15, -0.1) is 0 Å². The number of aliphatic hydroxyl groups is 2. The second-order valence-corrected chi connectivity index (χ2v) is 3.43. The van der Waals surface area contributed by atoms with Crippen LogP contribution in [-0.4, -0.2) is 75.8 Å². The molecule has 0 amide bonds. The van der Waals surface area contributed by atoms with Gasteiger partial charge in [0.1, 0.15) is 0 Å². The average Bonchev–Trinajstić information content (AvgIpc) is 3.11. The Balaban J connectivity index is 0.000000529. The maximum atomic E-state index is 8.36. The molecule has 1 fully saturated rings. The van der Waals surface area contributed by atoms with Crippen molar-refractivity contribution in [1.29, 1.82) is 0 Å². The van der Waals surface area contributed by atoms with Crippen LogP contribution in [0.1, 0.15) is 6.92 Å². The maximum absolute atomic E-state index is 8.36. The highest BCUT2D eigenvalue weighted by atomic mass is 16.6. The second-order valence-electron chi connectivity index (χ2n) is 3.43. The molecule has 0 aromatic heterocycles. The van der Waals surface area contributed by atoms with Gasteiger partial charge in [-0.25, -0.2) is 0 Å². The normalized spacial score (nSPS) is 17.5. The first-order valence-corrected chi connectivity index (χ1v) is 5.87. The third-order valence-corrected chi connectivity index (χ3v) is 1.72. The van der Waals surface area contributed by atoms with Crippen molar-refractivity contribution in [2.45, 2.75) is 13.0 Å². The van der Waals surface area contributed by atoms with Crippen molar-refractivity contribution >= 4 is 0 Å². The highest BCUT2D eigenvalue weighted by Crippen LogP contribution is 2.04. The van der Waals surface area contributed by atoms with Gasteiger partial charge < -0.3 is 29.2 Å². The van der Waals surface area contributed by atoms with E-state index in [1.807, 2.05) is 0 Å². The van der Waals surface area contributed by atoms with E-state index < -0.39 is 0 Å². The molecule has 0 saturated carbocycles. The number of hydrogen-bond donors (Lipinski definition) is 2. The summed E-state index contributed by atoms with van der Waals surface area (Å²) in [7, 11) is 0. The Labute approximate surface area is 102 Å². The first-order valence-electron chi connectivity index (χ1n) is 5.87. The van der Waals surface area contributed by atoms with Crippen LogP contribution in [0.5, 0.6) is 0 Å². The number of rotatable bonds is 10. The van der Waals surface area contributed by atoms with E-state index in [2.05, 4.69) is 6.92 Å². The molecule has 0 aromatic carbocycles. The van der Waals surface area contributed by atoms with Crippen LogP contribution in [0.2, 0.25) is 0 Å². The minimum absolute atomic E-state index is 0.0413. The Hall–Kier alpha value is -0.240. The van der Waals surface area contributed by atoms with E-state index in [0.29, 0.717) is 45.7 Å². The van der Waals surface area contributed by atoms with E-state index in [9.17, 15) is 0 Å². The quantitative estimate of drug-likeness (QED) is 0.400. The highest BCUT2D eigenvalue weighted by molar-refractivity contribution is 4.58. The lowest BCUT2D eigenvalue weighted by Gasteiger charge is -2.04. The zero-order chi connectivity index (χ0) is 12.8. The van der Waals surface area contributed by atoms with Crippen molar-refractivity contribution in [2.75, 3.05) is 59.5 Å². The third kappa shape index (κ3) is 18.3. The molecule has 0 aromatic rings. The van der Waals surface area contributed by atoms with Gasteiger partial charge in [-0.2, -0.15) is 0 Å². The molecule has 17 heavy (non-hydrogen) atoms. The molecule has 0 spiro atoms. The van der Waals surface area contributed by atoms with Crippen molar-refractivity contribution in [3.8, 4) is 0 Å². The van der Waals surface area contributed by atoms with E-state index in [4.69, 9.17) is 29.2 Å². The van der Waals surface area contributed by atoms with Crippen LogP contribution in [0.15, 0.2) is 0 Å². The Morgan fingerprint density at radius 2 is 1.18 bits per heavy atom. The summed E-state index contributed by atoms with van der Waals surface area (Å²) < 4.78 is 19.7. The molecule has 2 N–H and O–H groups in total. The van der Waals surface area contributed by atoms with E-state index in [0.717, 1.165) is 6.61 Å². The predicted octanol–water partition coefficient (Wildman–Crippen LogP) is -0.574. The monoisotopic (exact) mass is 252 g/mol. The molecule has 1 unspecified atom stereocenters. The van der Waals surface area contributed by atoms with E-state index in [1.165, 1.54) is 0 Å². The van der Waals surface area contributed by atoms with Crippen LogP contribution in [0, 0.1) is 0 Å². The number of epoxide rings is 1. The first-order chi connectivity index (χ1) is 8.31. The summed E-state index contributed by atoms with van der Waals surface area (Å²) in [6.07, 6.45) is 0.583. The summed E-state index contributed by atoms with van der Waals surface area (Å²) >= 11 is 0. The van der Waals surface area contributed by atoms with Gasteiger partial charge in [0.25, 0.3) is 0 Å². The lowest BCUT2D eigenvalue weighted by atomic mass is 10.6.